The van der Waals surface area contributed by atoms with E-state index in [0.29, 0.717) is 15.8 Å². The van der Waals surface area contributed by atoms with Crippen LogP contribution in [0.5, 0.6) is 5.75 Å². The van der Waals surface area contributed by atoms with Crippen LogP contribution in [0.4, 0.5) is 0 Å². The fraction of sp³-hybridized carbons (Fsp3) is 0.0909. The molecule has 4 aromatic rings. The first-order valence-corrected chi connectivity index (χ1v) is 10.6. The Morgan fingerprint density at radius 1 is 0.931 bits per heavy atom. The van der Waals surface area contributed by atoms with Crippen molar-refractivity contribution in [1.29, 1.82) is 0 Å². The summed E-state index contributed by atoms with van der Waals surface area (Å²) in [6, 6.07) is 23.3. The number of methoxy groups -OCH3 is 1. The van der Waals surface area contributed by atoms with E-state index in [1.54, 1.807) is 24.9 Å². The second kappa shape index (κ2) is 8.91. The van der Waals surface area contributed by atoms with E-state index < -0.39 is 0 Å². The molecule has 0 unspecified atom stereocenters. The molecule has 1 aromatic heterocycles. The minimum absolute atomic E-state index is 0.620. The Hall–Kier alpha value is -2.47. The van der Waals surface area contributed by atoms with Crippen molar-refractivity contribution in [2.45, 2.75) is 10.9 Å². The van der Waals surface area contributed by atoms with E-state index in [1.165, 1.54) is 0 Å². The number of aromatic nitrogens is 3. The molecule has 0 aliphatic rings. The Morgan fingerprint density at radius 3 is 2.45 bits per heavy atom. The summed E-state index contributed by atoms with van der Waals surface area (Å²) in [4.78, 5) is 0. The monoisotopic (exact) mass is 441 g/mol. The third kappa shape index (κ3) is 4.27. The topological polar surface area (TPSA) is 39.9 Å². The number of thioether (sulfide) groups is 1. The van der Waals surface area contributed by atoms with E-state index >= 15 is 0 Å². The van der Waals surface area contributed by atoms with Gasteiger partial charge in [0.2, 0.25) is 0 Å². The summed E-state index contributed by atoms with van der Waals surface area (Å²) in [6.45, 7) is 0. The van der Waals surface area contributed by atoms with Crippen molar-refractivity contribution in [1.82, 2.24) is 14.8 Å². The molecule has 0 amide bonds. The zero-order valence-electron chi connectivity index (χ0n) is 15.5. The van der Waals surface area contributed by atoms with Gasteiger partial charge >= 0.3 is 0 Å². The lowest BCUT2D eigenvalue weighted by Crippen LogP contribution is -2.00. The molecule has 0 radical (unpaired) electrons. The standard InChI is InChI=1S/C22H17Cl2N3OS/c1-28-20-10-6-5-9-18(20)21-25-26-22(27(21)17-7-3-2-4-8-17)29-14-15-11-12-16(23)13-19(15)24/h2-13H,14H2,1H3. The van der Waals surface area contributed by atoms with E-state index in [1.807, 2.05) is 71.3 Å². The van der Waals surface area contributed by atoms with Crippen molar-refractivity contribution in [2.75, 3.05) is 7.11 Å². The number of hydrogen-bond donors (Lipinski definition) is 0. The van der Waals surface area contributed by atoms with Crippen molar-refractivity contribution < 1.29 is 4.74 Å². The highest BCUT2D eigenvalue weighted by Crippen LogP contribution is 2.35. The molecular formula is C22H17Cl2N3OS. The summed E-state index contributed by atoms with van der Waals surface area (Å²) < 4.78 is 7.57. The van der Waals surface area contributed by atoms with Crippen molar-refractivity contribution in [3.05, 3.63) is 88.4 Å². The summed E-state index contributed by atoms with van der Waals surface area (Å²) in [6.07, 6.45) is 0. The number of halogens is 2. The zero-order valence-corrected chi connectivity index (χ0v) is 17.9. The van der Waals surface area contributed by atoms with Crippen LogP contribution < -0.4 is 4.74 Å². The fourth-order valence-electron chi connectivity index (χ4n) is 2.96. The number of para-hydroxylation sites is 2. The second-order valence-electron chi connectivity index (χ2n) is 6.20. The van der Waals surface area contributed by atoms with Gasteiger partial charge in [-0.05, 0) is 42.0 Å². The molecule has 0 aliphatic heterocycles. The van der Waals surface area contributed by atoms with E-state index in [9.17, 15) is 0 Å². The van der Waals surface area contributed by atoms with Crippen LogP contribution >= 0.6 is 35.0 Å². The molecule has 7 heteroatoms. The summed E-state index contributed by atoms with van der Waals surface area (Å²) in [5.74, 6) is 2.11. The van der Waals surface area contributed by atoms with Gasteiger partial charge in [0.05, 0.1) is 12.7 Å². The molecule has 1 heterocycles. The predicted molar refractivity (Wildman–Crippen MR) is 119 cm³/mol. The average molecular weight is 442 g/mol. The summed E-state index contributed by atoms with van der Waals surface area (Å²) in [7, 11) is 1.65. The first-order valence-electron chi connectivity index (χ1n) is 8.88. The fourth-order valence-corrected chi connectivity index (χ4v) is 4.47. The van der Waals surface area contributed by atoms with Gasteiger partial charge in [-0.25, -0.2) is 0 Å². The van der Waals surface area contributed by atoms with Gasteiger partial charge in [0, 0.05) is 21.5 Å². The van der Waals surface area contributed by atoms with Gasteiger partial charge in [-0.15, -0.1) is 10.2 Å². The third-order valence-corrected chi connectivity index (χ3v) is 5.93. The Labute approximate surface area is 183 Å². The number of nitrogens with zero attached hydrogens (tertiary/aromatic N) is 3. The van der Waals surface area contributed by atoms with Gasteiger partial charge < -0.3 is 4.74 Å². The van der Waals surface area contributed by atoms with Crippen LogP contribution in [0.1, 0.15) is 5.56 Å². The van der Waals surface area contributed by atoms with Crippen LogP contribution in [0, 0.1) is 0 Å². The minimum Gasteiger partial charge on any atom is -0.496 e. The van der Waals surface area contributed by atoms with E-state index in [2.05, 4.69) is 10.2 Å². The molecule has 0 N–H and O–H groups in total. The maximum atomic E-state index is 6.34. The quantitative estimate of drug-likeness (QED) is 0.318. The molecule has 0 atom stereocenters. The molecular weight excluding hydrogens is 425 g/mol. The van der Waals surface area contributed by atoms with Gasteiger partial charge in [-0.3, -0.25) is 4.57 Å². The molecule has 0 fully saturated rings. The molecule has 146 valence electrons. The maximum Gasteiger partial charge on any atom is 0.196 e. The predicted octanol–water partition coefficient (Wildman–Crippen LogP) is 6.54. The SMILES string of the molecule is COc1ccccc1-c1nnc(SCc2ccc(Cl)cc2Cl)n1-c1ccccc1. The highest BCUT2D eigenvalue weighted by atomic mass is 35.5. The largest absolute Gasteiger partial charge is 0.496 e. The molecule has 0 bridgehead atoms. The molecule has 3 aromatic carbocycles. The first-order chi connectivity index (χ1) is 14.2. The molecule has 0 saturated carbocycles. The third-order valence-electron chi connectivity index (χ3n) is 4.37. The lowest BCUT2D eigenvalue weighted by atomic mass is 10.2. The Bertz CT molecular complexity index is 1130. The Morgan fingerprint density at radius 2 is 1.69 bits per heavy atom. The Balaban J connectivity index is 1.76. The van der Waals surface area contributed by atoms with Gasteiger partial charge in [-0.2, -0.15) is 0 Å². The number of benzene rings is 3. The summed E-state index contributed by atoms with van der Waals surface area (Å²) in [5, 5.41) is 11.0. The van der Waals surface area contributed by atoms with Crippen LogP contribution in [0.2, 0.25) is 10.0 Å². The van der Waals surface area contributed by atoms with Crippen molar-refractivity contribution >= 4 is 35.0 Å². The van der Waals surface area contributed by atoms with Gasteiger partial charge in [0.1, 0.15) is 5.75 Å². The van der Waals surface area contributed by atoms with Crippen LogP contribution in [-0.4, -0.2) is 21.9 Å². The van der Waals surface area contributed by atoms with Gasteiger partial charge in [-0.1, -0.05) is 71.4 Å². The van der Waals surface area contributed by atoms with E-state index in [0.717, 1.165) is 33.5 Å². The summed E-state index contributed by atoms with van der Waals surface area (Å²) >= 11 is 13.9. The van der Waals surface area contributed by atoms with Crippen molar-refractivity contribution in [3.63, 3.8) is 0 Å². The smallest absolute Gasteiger partial charge is 0.196 e. The normalized spacial score (nSPS) is 10.9. The van der Waals surface area contributed by atoms with E-state index in [4.69, 9.17) is 27.9 Å². The lowest BCUT2D eigenvalue weighted by molar-refractivity contribution is 0.416. The van der Waals surface area contributed by atoms with Gasteiger partial charge in [0.25, 0.3) is 0 Å². The summed E-state index contributed by atoms with van der Waals surface area (Å²) in [5.41, 5.74) is 2.84. The first kappa shape index (κ1) is 19.8. The number of ether oxygens (including phenoxy) is 1. The van der Waals surface area contributed by atoms with Crippen LogP contribution in [-0.2, 0) is 5.75 Å². The molecule has 4 rings (SSSR count). The van der Waals surface area contributed by atoms with Crippen molar-refractivity contribution in [3.8, 4) is 22.8 Å². The Kier molecular flexibility index (Phi) is 6.09. The maximum absolute atomic E-state index is 6.34. The molecule has 0 saturated heterocycles. The van der Waals surface area contributed by atoms with Crippen LogP contribution in [0.3, 0.4) is 0 Å². The van der Waals surface area contributed by atoms with E-state index in [-0.39, 0.29) is 0 Å². The van der Waals surface area contributed by atoms with Crippen LogP contribution in [0.25, 0.3) is 17.1 Å². The molecule has 4 nitrogen and oxygen atoms in total. The molecule has 0 spiro atoms. The second-order valence-corrected chi connectivity index (χ2v) is 7.99. The van der Waals surface area contributed by atoms with Crippen LogP contribution in [0.15, 0.2) is 78.0 Å². The number of hydrogen-bond acceptors (Lipinski definition) is 4. The van der Waals surface area contributed by atoms with Gasteiger partial charge in [0.15, 0.2) is 11.0 Å². The molecule has 0 aliphatic carbocycles. The highest BCUT2D eigenvalue weighted by Gasteiger charge is 2.19. The van der Waals surface area contributed by atoms with Crippen molar-refractivity contribution in [2.24, 2.45) is 0 Å². The lowest BCUT2D eigenvalue weighted by Gasteiger charge is -2.12. The molecule has 29 heavy (non-hydrogen) atoms. The minimum atomic E-state index is 0.620. The highest BCUT2D eigenvalue weighted by molar-refractivity contribution is 7.98. The zero-order chi connectivity index (χ0) is 20.2. The average Bonchev–Trinajstić information content (AvgIpc) is 3.17. The number of rotatable bonds is 6.